The maximum absolute atomic E-state index is 14.7. The Morgan fingerprint density at radius 2 is 2.09 bits per heavy atom. The van der Waals surface area contributed by atoms with E-state index in [1.165, 1.54) is 13.2 Å². The molecule has 2 aromatic carbocycles. The van der Waals surface area contributed by atoms with Gasteiger partial charge in [0, 0.05) is 5.69 Å². The Hall–Kier alpha value is -3.16. The van der Waals surface area contributed by atoms with E-state index in [0.717, 1.165) is 9.97 Å². The summed E-state index contributed by atoms with van der Waals surface area (Å²) in [6.07, 6.45) is 0. The zero-order valence-electron chi connectivity index (χ0n) is 12.3. The van der Waals surface area contributed by atoms with Crippen LogP contribution in [0, 0.1) is 12.7 Å². The van der Waals surface area contributed by atoms with Crippen LogP contribution in [-0.2, 0) is 4.74 Å². The van der Waals surface area contributed by atoms with E-state index in [1.54, 1.807) is 12.1 Å². The lowest BCUT2D eigenvalue weighted by Crippen LogP contribution is -2.08. The SMILES string of the molecule is COC(=O)c1cc2n[o+]([O-])nc2c(F)c1Nc1ccccc1C. The van der Waals surface area contributed by atoms with Crippen LogP contribution in [0.15, 0.2) is 34.7 Å². The Kier molecular flexibility index (Phi) is 3.57. The lowest BCUT2D eigenvalue weighted by Gasteiger charge is -2.13. The maximum atomic E-state index is 14.7. The number of fused-ring (bicyclic) bond motifs is 1. The third-order valence-corrected chi connectivity index (χ3v) is 3.38. The molecule has 1 heterocycles. The van der Waals surface area contributed by atoms with Gasteiger partial charge in [-0.2, -0.15) is 0 Å². The zero-order chi connectivity index (χ0) is 16.6. The van der Waals surface area contributed by atoms with Crippen molar-refractivity contribution in [3.63, 3.8) is 0 Å². The molecule has 0 fully saturated rings. The summed E-state index contributed by atoms with van der Waals surface area (Å²) in [6, 6.07) is 8.42. The molecule has 0 radical (unpaired) electrons. The number of aromatic nitrogens is 2. The molecule has 0 saturated heterocycles. The minimum atomic E-state index is -0.860. The molecule has 7 nitrogen and oxygen atoms in total. The summed E-state index contributed by atoms with van der Waals surface area (Å²) >= 11 is 0. The van der Waals surface area contributed by atoms with Gasteiger partial charge < -0.3 is 15.3 Å². The van der Waals surface area contributed by atoms with Crippen LogP contribution in [-0.4, -0.2) is 23.4 Å². The molecule has 0 aliphatic rings. The molecule has 0 spiro atoms. The van der Waals surface area contributed by atoms with Gasteiger partial charge in [0.2, 0.25) is 5.52 Å². The second kappa shape index (κ2) is 5.56. The molecule has 8 heteroatoms. The summed E-state index contributed by atoms with van der Waals surface area (Å²) < 4.78 is 20.2. The number of hydrogen-bond acceptors (Lipinski definition) is 6. The Labute approximate surface area is 129 Å². The number of carbonyl (C=O) groups is 1. The highest BCUT2D eigenvalue weighted by molar-refractivity contribution is 6.01. The second-order valence-corrected chi connectivity index (χ2v) is 4.83. The summed E-state index contributed by atoms with van der Waals surface area (Å²) in [5.41, 5.74) is 0.941. The van der Waals surface area contributed by atoms with Crippen LogP contribution in [0.4, 0.5) is 15.8 Å². The monoisotopic (exact) mass is 317 g/mol. The smallest absolute Gasteiger partial charge is 0.340 e. The van der Waals surface area contributed by atoms with Gasteiger partial charge in [-0.1, -0.05) is 18.2 Å². The summed E-state index contributed by atoms with van der Waals surface area (Å²) in [6.45, 7) is 1.83. The number of hydrogen-bond donors (Lipinski definition) is 1. The molecule has 118 valence electrons. The van der Waals surface area contributed by atoms with Crippen LogP contribution < -0.4 is 10.6 Å². The van der Waals surface area contributed by atoms with Crippen molar-refractivity contribution in [3.8, 4) is 0 Å². The largest absolute Gasteiger partial charge is 0.487 e. The average molecular weight is 317 g/mol. The van der Waals surface area contributed by atoms with Gasteiger partial charge in [0.25, 0.3) is 0 Å². The van der Waals surface area contributed by atoms with Gasteiger partial charge >= 0.3 is 5.97 Å². The third kappa shape index (κ3) is 2.54. The lowest BCUT2D eigenvalue weighted by molar-refractivity contribution is -0.741. The number of rotatable bonds is 3. The van der Waals surface area contributed by atoms with Crippen LogP contribution in [0.3, 0.4) is 0 Å². The number of benzene rings is 2. The lowest BCUT2D eigenvalue weighted by atomic mass is 10.1. The number of halogens is 1. The van der Waals surface area contributed by atoms with Gasteiger partial charge in [-0.3, -0.25) is 0 Å². The number of nitrogens with zero attached hydrogens (tertiary/aromatic N) is 2. The van der Waals surface area contributed by atoms with Crippen molar-refractivity contribution in [1.82, 2.24) is 10.3 Å². The van der Waals surface area contributed by atoms with Crippen molar-refractivity contribution >= 4 is 28.4 Å². The number of methoxy groups -OCH3 is 1. The van der Waals surface area contributed by atoms with Crippen molar-refractivity contribution in [2.24, 2.45) is 0 Å². The molecule has 0 aliphatic heterocycles. The standard InChI is InChI=1S/C15H12FN3O4/c1-8-5-3-4-6-10(8)17-13-9(15(20)22-2)7-11-14(12(13)16)19-23(21)18-11/h3-7,17H,1-2H3. The molecular formula is C15H12FN3O4. The minimum absolute atomic E-state index is 0.0572. The Bertz CT molecular complexity index is 907. The fraction of sp³-hybridized carbons (Fsp3) is 0.133. The van der Waals surface area contributed by atoms with Crippen molar-refractivity contribution in [2.45, 2.75) is 6.92 Å². The van der Waals surface area contributed by atoms with E-state index in [9.17, 15) is 14.4 Å². The molecular weight excluding hydrogens is 305 g/mol. The molecule has 3 rings (SSSR count). The number of ether oxygens (including phenoxy) is 1. The predicted octanol–water partition coefficient (Wildman–Crippen LogP) is 2.01. The molecule has 3 aromatic rings. The molecule has 0 aliphatic carbocycles. The molecule has 0 atom stereocenters. The summed E-state index contributed by atoms with van der Waals surface area (Å²) in [7, 11) is 1.18. The van der Waals surface area contributed by atoms with Gasteiger partial charge in [0.05, 0.1) is 18.4 Å². The molecule has 23 heavy (non-hydrogen) atoms. The fourth-order valence-electron chi connectivity index (χ4n) is 2.21. The first-order chi connectivity index (χ1) is 11.0. The molecule has 0 amide bonds. The number of carbonyl (C=O) groups excluding carboxylic acids is 1. The van der Waals surface area contributed by atoms with Gasteiger partial charge in [-0.15, -0.1) is 0 Å². The zero-order valence-corrected chi connectivity index (χ0v) is 12.3. The van der Waals surface area contributed by atoms with E-state index in [-0.39, 0.29) is 22.3 Å². The van der Waals surface area contributed by atoms with Crippen LogP contribution >= 0.6 is 0 Å². The normalized spacial score (nSPS) is 10.7. The van der Waals surface area contributed by atoms with Gasteiger partial charge in [0.1, 0.15) is 10.3 Å². The first-order valence-electron chi connectivity index (χ1n) is 6.64. The van der Waals surface area contributed by atoms with Crippen LogP contribution in [0.1, 0.15) is 15.9 Å². The Morgan fingerprint density at radius 3 is 2.78 bits per heavy atom. The summed E-state index contributed by atoms with van der Waals surface area (Å²) in [5.74, 6) is -1.62. The van der Waals surface area contributed by atoms with Crippen molar-refractivity contribution in [1.29, 1.82) is 0 Å². The van der Waals surface area contributed by atoms with Crippen LogP contribution in [0.2, 0.25) is 0 Å². The number of anilines is 2. The van der Waals surface area contributed by atoms with E-state index >= 15 is 0 Å². The first-order valence-corrected chi connectivity index (χ1v) is 6.64. The first kappa shape index (κ1) is 14.8. The number of para-hydroxylation sites is 1. The van der Waals surface area contributed by atoms with Crippen molar-refractivity contribution in [3.05, 3.63) is 47.3 Å². The highest BCUT2D eigenvalue weighted by atomic mass is 19.1. The quantitative estimate of drug-likeness (QED) is 0.451. The van der Waals surface area contributed by atoms with E-state index in [0.29, 0.717) is 5.69 Å². The molecule has 0 unspecified atom stereocenters. The maximum Gasteiger partial charge on any atom is 0.340 e. The minimum Gasteiger partial charge on any atom is -0.487 e. The van der Waals surface area contributed by atoms with Gasteiger partial charge in [-0.25, -0.2) is 13.6 Å². The highest BCUT2D eigenvalue weighted by Gasteiger charge is 2.25. The average Bonchev–Trinajstić information content (AvgIpc) is 2.92. The van der Waals surface area contributed by atoms with Crippen molar-refractivity contribution in [2.75, 3.05) is 12.4 Å². The van der Waals surface area contributed by atoms with Crippen LogP contribution in [0.5, 0.6) is 0 Å². The van der Waals surface area contributed by atoms with E-state index in [2.05, 4.69) is 20.4 Å². The molecule has 0 bridgehead atoms. The van der Waals surface area contributed by atoms with Crippen molar-refractivity contribution < 1.29 is 23.6 Å². The second-order valence-electron chi connectivity index (χ2n) is 4.83. The fourth-order valence-corrected chi connectivity index (χ4v) is 2.21. The number of nitrogens with one attached hydrogen (secondary N) is 1. The number of aryl methyl sites for hydroxylation is 1. The molecule has 0 saturated carbocycles. The van der Waals surface area contributed by atoms with E-state index < -0.39 is 11.8 Å². The van der Waals surface area contributed by atoms with Gasteiger partial charge in [-0.05, 0) is 24.6 Å². The molecule has 1 N–H and O–H groups in total. The van der Waals surface area contributed by atoms with E-state index in [4.69, 9.17) is 0 Å². The van der Waals surface area contributed by atoms with Crippen LogP contribution in [0.25, 0.3) is 11.0 Å². The molecule has 1 aromatic heterocycles. The number of esters is 1. The van der Waals surface area contributed by atoms with E-state index in [1.807, 2.05) is 19.1 Å². The topological polar surface area (TPSA) is 89.9 Å². The van der Waals surface area contributed by atoms with Gasteiger partial charge in [0.15, 0.2) is 11.3 Å². The predicted molar refractivity (Wildman–Crippen MR) is 77.6 cm³/mol. The third-order valence-electron chi connectivity index (χ3n) is 3.38. The summed E-state index contributed by atoms with van der Waals surface area (Å²) in [5, 5.41) is 20.8. The Morgan fingerprint density at radius 1 is 1.35 bits per heavy atom. The highest BCUT2D eigenvalue weighted by Crippen LogP contribution is 2.31. The Balaban J connectivity index is 2.22. The summed E-state index contributed by atoms with van der Waals surface area (Å²) in [4.78, 5) is 11.9.